The molecule has 3 rings (SSSR count). The molecule has 0 atom stereocenters. The molecule has 2 amide bonds. The van der Waals surface area contributed by atoms with Gasteiger partial charge in [0.25, 0.3) is 5.91 Å². The number of nitrogens with zero attached hydrogens (tertiary/aromatic N) is 3. The van der Waals surface area contributed by atoms with E-state index in [1.165, 1.54) is 4.88 Å². The van der Waals surface area contributed by atoms with Crippen molar-refractivity contribution < 1.29 is 9.59 Å². The van der Waals surface area contributed by atoms with Crippen LogP contribution in [0.2, 0.25) is 0 Å². The van der Waals surface area contributed by atoms with Gasteiger partial charge in [-0.3, -0.25) is 14.6 Å². The number of thiazole rings is 1. The molecule has 1 fully saturated rings. The second kappa shape index (κ2) is 9.32. The van der Waals surface area contributed by atoms with Gasteiger partial charge >= 0.3 is 0 Å². The van der Waals surface area contributed by atoms with Crippen molar-refractivity contribution in [3.05, 3.63) is 51.5 Å². The standard InChI is InChI=1S/C19H24N6O2S/c1-13-9-22-17(28-13)11-24-19(20-2)23-10-14-3-5-15(6-4-14)18(27)25-8-7-21-16(26)12-25/h3-6,9H,7-8,10-12H2,1-2H3,(H,21,26)(H2,20,23,24). The van der Waals surface area contributed by atoms with Crippen molar-refractivity contribution in [2.24, 2.45) is 4.99 Å². The number of aliphatic imine (C=N–C) groups is 1. The Morgan fingerprint density at radius 3 is 2.68 bits per heavy atom. The fraction of sp³-hybridized carbons (Fsp3) is 0.368. The third-order valence-electron chi connectivity index (χ3n) is 4.29. The highest BCUT2D eigenvalue weighted by Gasteiger charge is 2.22. The van der Waals surface area contributed by atoms with Crippen LogP contribution in [0.1, 0.15) is 25.8 Å². The van der Waals surface area contributed by atoms with Gasteiger partial charge in [-0.05, 0) is 24.6 Å². The van der Waals surface area contributed by atoms with Crippen molar-refractivity contribution in [1.29, 1.82) is 0 Å². The van der Waals surface area contributed by atoms with Crippen molar-refractivity contribution in [2.75, 3.05) is 26.7 Å². The van der Waals surface area contributed by atoms with E-state index in [2.05, 4.69) is 25.9 Å². The molecule has 2 aromatic rings. The van der Waals surface area contributed by atoms with Crippen molar-refractivity contribution in [1.82, 2.24) is 25.8 Å². The molecule has 28 heavy (non-hydrogen) atoms. The van der Waals surface area contributed by atoms with Gasteiger partial charge in [-0.2, -0.15) is 0 Å². The van der Waals surface area contributed by atoms with Gasteiger partial charge in [0, 0.05) is 43.3 Å². The smallest absolute Gasteiger partial charge is 0.254 e. The molecule has 1 aliphatic rings. The first-order valence-electron chi connectivity index (χ1n) is 9.06. The Labute approximate surface area is 168 Å². The normalized spacial score (nSPS) is 14.6. The number of piperazine rings is 1. The largest absolute Gasteiger partial charge is 0.353 e. The summed E-state index contributed by atoms with van der Waals surface area (Å²) in [7, 11) is 1.72. The number of hydrogen-bond acceptors (Lipinski definition) is 5. The minimum absolute atomic E-state index is 0.114. The number of rotatable bonds is 5. The zero-order valence-corrected chi connectivity index (χ0v) is 16.8. The summed E-state index contributed by atoms with van der Waals surface area (Å²) in [5.41, 5.74) is 1.61. The average molecular weight is 401 g/mol. The van der Waals surface area contributed by atoms with E-state index in [0.717, 1.165) is 10.6 Å². The number of nitrogens with one attached hydrogen (secondary N) is 3. The van der Waals surface area contributed by atoms with Crippen LogP contribution in [0.5, 0.6) is 0 Å². The number of guanidine groups is 1. The van der Waals surface area contributed by atoms with Crippen LogP contribution < -0.4 is 16.0 Å². The van der Waals surface area contributed by atoms with Crippen LogP contribution in [0.25, 0.3) is 0 Å². The molecule has 0 spiro atoms. The SMILES string of the molecule is CN=C(NCc1ccc(C(=O)N2CCNC(=O)C2)cc1)NCc1ncc(C)s1. The predicted molar refractivity (Wildman–Crippen MR) is 109 cm³/mol. The first-order chi connectivity index (χ1) is 13.5. The lowest BCUT2D eigenvalue weighted by Crippen LogP contribution is -2.49. The zero-order valence-electron chi connectivity index (χ0n) is 16.0. The number of carbonyl (C=O) groups is 2. The molecule has 1 aliphatic heterocycles. The summed E-state index contributed by atoms with van der Waals surface area (Å²) in [6, 6.07) is 7.39. The molecule has 1 saturated heterocycles. The first kappa shape index (κ1) is 19.8. The van der Waals surface area contributed by atoms with Gasteiger partial charge in [0.05, 0.1) is 13.1 Å². The summed E-state index contributed by atoms with van der Waals surface area (Å²) in [5, 5.41) is 10.2. The summed E-state index contributed by atoms with van der Waals surface area (Å²) in [6.07, 6.45) is 1.86. The number of hydrogen-bond donors (Lipinski definition) is 3. The van der Waals surface area contributed by atoms with Crippen LogP contribution >= 0.6 is 11.3 Å². The Hall–Kier alpha value is -2.94. The maximum atomic E-state index is 12.5. The number of benzene rings is 1. The lowest BCUT2D eigenvalue weighted by Gasteiger charge is -2.26. The van der Waals surface area contributed by atoms with Gasteiger partial charge < -0.3 is 20.9 Å². The van der Waals surface area contributed by atoms with Crippen molar-refractivity contribution in [2.45, 2.75) is 20.0 Å². The Morgan fingerprint density at radius 1 is 1.29 bits per heavy atom. The van der Waals surface area contributed by atoms with Crippen LogP contribution in [0.4, 0.5) is 0 Å². The van der Waals surface area contributed by atoms with Gasteiger partial charge in [-0.25, -0.2) is 4.98 Å². The molecule has 8 nitrogen and oxygen atoms in total. The summed E-state index contributed by atoms with van der Waals surface area (Å²) >= 11 is 1.65. The van der Waals surface area contributed by atoms with E-state index in [9.17, 15) is 9.59 Å². The summed E-state index contributed by atoms with van der Waals surface area (Å²) in [4.78, 5) is 35.2. The minimum atomic E-state index is -0.120. The third-order valence-corrected chi connectivity index (χ3v) is 5.20. The molecular formula is C19H24N6O2S. The van der Waals surface area contributed by atoms with Gasteiger partial charge in [0.1, 0.15) is 5.01 Å². The van der Waals surface area contributed by atoms with E-state index in [4.69, 9.17) is 0 Å². The number of amides is 2. The molecular weight excluding hydrogens is 376 g/mol. The van der Waals surface area contributed by atoms with Crippen LogP contribution in [-0.4, -0.2) is 54.3 Å². The predicted octanol–water partition coefficient (Wildman–Crippen LogP) is 0.889. The minimum Gasteiger partial charge on any atom is -0.353 e. The molecule has 0 unspecified atom stereocenters. The summed E-state index contributed by atoms with van der Waals surface area (Å²) < 4.78 is 0. The van der Waals surface area contributed by atoms with Gasteiger partial charge in [-0.15, -0.1) is 11.3 Å². The van der Waals surface area contributed by atoms with Crippen molar-refractivity contribution >= 4 is 29.1 Å². The van der Waals surface area contributed by atoms with Crippen LogP contribution in [-0.2, 0) is 17.9 Å². The molecule has 148 valence electrons. The molecule has 1 aromatic heterocycles. The Kier molecular flexibility index (Phi) is 6.59. The monoisotopic (exact) mass is 400 g/mol. The zero-order chi connectivity index (χ0) is 19.9. The third kappa shape index (κ3) is 5.29. The molecule has 0 radical (unpaired) electrons. The number of aryl methyl sites for hydroxylation is 1. The molecule has 0 bridgehead atoms. The van der Waals surface area contributed by atoms with E-state index in [1.807, 2.05) is 25.3 Å². The maximum absolute atomic E-state index is 12.5. The molecule has 9 heteroatoms. The topological polar surface area (TPSA) is 98.7 Å². The molecule has 2 heterocycles. The highest BCUT2D eigenvalue weighted by Crippen LogP contribution is 2.11. The summed E-state index contributed by atoms with van der Waals surface area (Å²) in [5.74, 6) is 0.449. The Balaban J connectivity index is 1.50. The Bertz CT molecular complexity index is 862. The van der Waals surface area contributed by atoms with E-state index >= 15 is 0 Å². The second-order valence-electron chi connectivity index (χ2n) is 6.42. The van der Waals surface area contributed by atoms with Gasteiger partial charge in [0.2, 0.25) is 5.91 Å². The Morgan fingerprint density at radius 2 is 2.04 bits per heavy atom. The van der Waals surface area contributed by atoms with Crippen molar-refractivity contribution in [3.8, 4) is 0 Å². The molecule has 0 aliphatic carbocycles. The quantitative estimate of drug-likeness (QED) is 0.511. The molecule has 1 aromatic carbocycles. The first-order valence-corrected chi connectivity index (χ1v) is 9.87. The van der Waals surface area contributed by atoms with Gasteiger partial charge in [0.15, 0.2) is 5.96 Å². The van der Waals surface area contributed by atoms with E-state index in [-0.39, 0.29) is 18.4 Å². The molecule has 0 saturated carbocycles. The number of carbonyl (C=O) groups excluding carboxylic acids is 2. The van der Waals surface area contributed by atoms with E-state index in [1.54, 1.807) is 35.4 Å². The van der Waals surface area contributed by atoms with E-state index < -0.39 is 0 Å². The fourth-order valence-electron chi connectivity index (χ4n) is 2.81. The maximum Gasteiger partial charge on any atom is 0.254 e. The average Bonchev–Trinajstić information content (AvgIpc) is 3.13. The van der Waals surface area contributed by atoms with E-state index in [0.29, 0.717) is 37.7 Å². The van der Waals surface area contributed by atoms with Crippen LogP contribution in [0.15, 0.2) is 35.5 Å². The fourth-order valence-corrected chi connectivity index (χ4v) is 3.54. The lowest BCUT2D eigenvalue weighted by molar-refractivity contribution is -0.123. The van der Waals surface area contributed by atoms with Crippen LogP contribution in [0.3, 0.4) is 0 Å². The van der Waals surface area contributed by atoms with Crippen LogP contribution in [0, 0.1) is 6.92 Å². The second-order valence-corrected chi connectivity index (χ2v) is 7.74. The highest BCUT2D eigenvalue weighted by atomic mass is 32.1. The van der Waals surface area contributed by atoms with Gasteiger partial charge in [-0.1, -0.05) is 12.1 Å². The highest BCUT2D eigenvalue weighted by molar-refractivity contribution is 7.11. The summed E-state index contributed by atoms with van der Waals surface area (Å²) in [6.45, 7) is 4.38. The lowest BCUT2D eigenvalue weighted by atomic mass is 10.1. The molecule has 3 N–H and O–H groups in total. The van der Waals surface area contributed by atoms with Crippen molar-refractivity contribution in [3.63, 3.8) is 0 Å². The number of aromatic nitrogens is 1.